The third-order valence-corrected chi connectivity index (χ3v) is 2.45. The van der Waals surface area contributed by atoms with Gasteiger partial charge in [-0.05, 0) is 19.1 Å². The number of hydrogen-bond acceptors (Lipinski definition) is 3. The third-order valence-electron chi connectivity index (χ3n) is 2.45. The van der Waals surface area contributed by atoms with Gasteiger partial charge in [0.15, 0.2) is 0 Å². The van der Waals surface area contributed by atoms with E-state index < -0.39 is 0 Å². The summed E-state index contributed by atoms with van der Waals surface area (Å²) >= 11 is 0. The van der Waals surface area contributed by atoms with Gasteiger partial charge in [-0.25, -0.2) is 4.98 Å². The predicted molar refractivity (Wildman–Crippen MR) is 69.6 cm³/mol. The van der Waals surface area contributed by atoms with Crippen LogP contribution in [0.1, 0.15) is 5.69 Å². The monoisotopic (exact) mass is 213 g/mol. The smallest absolute Gasteiger partial charge is 0.134 e. The summed E-state index contributed by atoms with van der Waals surface area (Å²) in [6, 6.07) is 7.86. The number of nitrogens with one attached hydrogen (secondary N) is 1. The second kappa shape index (κ2) is 4.23. The maximum Gasteiger partial charge on any atom is 0.134 e. The van der Waals surface area contributed by atoms with Gasteiger partial charge in [0.05, 0.1) is 0 Å². The molecule has 0 fully saturated rings. The summed E-state index contributed by atoms with van der Waals surface area (Å²) in [7, 11) is 0. The van der Waals surface area contributed by atoms with Gasteiger partial charge in [-0.1, -0.05) is 18.2 Å². The van der Waals surface area contributed by atoms with Gasteiger partial charge < -0.3 is 11.1 Å². The molecule has 0 bridgehead atoms. The minimum atomic E-state index is 0.695. The number of aryl methyl sites for hydroxylation is 1. The number of anilines is 2. The Bertz CT molecular complexity index is 532. The molecule has 2 rings (SSSR count). The molecule has 3 heteroatoms. The van der Waals surface area contributed by atoms with Gasteiger partial charge in [-0.2, -0.15) is 0 Å². The summed E-state index contributed by atoms with van der Waals surface area (Å²) < 4.78 is 0. The van der Waals surface area contributed by atoms with Crippen molar-refractivity contribution in [2.45, 2.75) is 6.92 Å². The Balaban J connectivity index is 2.63. The number of nitrogens with two attached hydrogens (primary N) is 1. The summed E-state index contributed by atoms with van der Waals surface area (Å²) in [5, 5.41) is 5.31. The van der Waals surface area contributed by atoms with E-state index in [1.54, 1.807) is 0 Å². The lowest BCUT2D eigenvalue weighted by Crippen LogP contribution is -2.02. The number of nitrogens with zero attached hydrogens (tertiary/aromatic N) is 1. The Morgan fingerprint density at radius 2 is 2.25 bits per heavy atom. The van der Waals surface area contributed by atoms with Crippen LogP contribution in [0.2, 0.25) is 0 Å². The van der Waals surface area contributed by atoms with Gasteiger partial charge in [0.2, 0.25) is 0 Å². The van der Waals surface area contributed by atoms with Crippen molar-refractivity contribution in [3.63, 3.8) is 0 Å². The number of aromatic nitrogens is 1. The molecule has 0 radical (unpaired) electrons. The van der Waals surface area contributed by atoms with Crippen molar-refractivity contribution < 1.29 is 0 Å². The maximum absolute atomic E-state index is 5.95. The SMILES string of the molecule is C=CCNc1nc(C)cc2c(N)cccc12. The summed E-state index contributed by atoms with van der Waals surface area (Å²) in [5.41, 5.74) is 7.68. The van der Waals surface area contributed by atoms with Gasteiger partial charge in [0.25, 0.3) is 0 Å². The second-order valence-electron chi connectivity index (χ2n) is 3.72. The fraction of sp³-hybridized carbons (Fsp3) is 0.154. The van der Waals surface area contributed by atoms with E-state index in [-0.39, 0.29) is 0 Å². The van der Waals surface area contributed by atoms with E-state index in [1.165, 1.54) is 0 Å². The van der Waals surface area contributed by atoms with Gasteiger partial charge in [-0.3, -0.25) is 0 Å². The van der Waals surface area contributed by atoms with E-state index in [0.29, 0.717) is 6.54 Å². The fourth-order valence-corrected chi connectivity index (χ4v) is 1.73. The van der Waals surface area contributed by atoms with Crippen molar-refractivity contribution in [1.82, 2.24) is 4.98 Å². The van der Waals surface area contributed by atoms with E-state index in [1.807, 2.05) is 37.3 Å². The van der Waals surface area contributed by atoms with Crippen LogP contribution in [0.25, 0.3) is 10.8 Å². The first-order valence-corrected chi connectivity index (χ1v) is 5.23. The molecule has 1 heterocycles. The Morgan fingerprint density at radius 1 is 1.44 bits per heavy atom. The normalized spacial score (nSPS) is 10.3. The minimum Gasteiger partial charge on any atom is -0.398 e. The highest BCUT2D eigenvalue weighted by Crippen LogP contribution is 2.26. The summed E-state index contributed by atoms with van der Waals surface area (Å²) in [5.74, 6) is 0.863. The first-order chi connectivity index (χ1) is 7.72. The Morgan fingerprint density at radius 3 is 3.00 bits per heavy atom. The molecule has 1 aromatic carbocycles. The van der Waals surface area contributed by atoms with E-state index >= 15 is 0 Å². The Hall–Kier alpha value is -2.03. The van der Waals surface area contributed by atoms with Crippen LogP contribution in [0.15, 0.2) is 36.9 Å². The average Bonchev–Trinajstić information content (AvgIpc) is 2.27. The minimum absolute atomic E-state index is 0.695. The Labute approximate surface area is 95.0 Å². The first kappa shape index (κ1) is 10.5. The summed E-state index contributed by atoms with van der Waals surface area (Å²) in [4.78, 5) is 4.47. The lowest BCUT2D eigenvalue weighted by atomic mass is 10.1. The van der Waals surface area contributed by atoms with Crippen molar-refractivity contribution in [3.8, 4) is 0 Å². The van der Waals surface area contributed by atoms with E-state index in [2.05, 4.69) is 16.9 Å². The lowest BCUT2D eigenvalue weighted by Gasteiger charge is -2.09. The van der Waals surface area contributed by atoms with Crippen LogP contribution >= 0.6 is 0 Å². The molecule has 0 spiro atoms. The largest absolute Gasteiger partial charge is 0.398 e. The first-order valence-electron chi connectivity index (χ1n) is 5.23. The van der Waals surface area contributed by atoms with Crippen LogP contribution in [0.5, 0.6) is 0 Å². The quantitative estimate of drug-likeness (QED) is 0.609. The zero-order chi connectivity index (χ0) is 11.5. The highest BCUT2D eigenvalue weighted by atomic mass is 15.0. The number of pyridine rings is 1. The molecule has 0 aliphatic rings. The van der Waals surface area contributed by atoms with Crippen LogP contribution in [-0.4, -0.2) is 11.5 Å². The summed E-state index contributed by atoms with van der Waals surface area (Å²) in [6.07, 6.45) is 1.81. The third kappa shape index (κ3) is 1.84. The molecule has 2 aromatic rings. The van der Waals surface area contributed by atoms with E-state index in [4.69, 9.17) is 5.73 Å². The van der Waals surface area contributed by atoms with Crippen LogP contribution in [0.4, 0.5) is 11.5 Å². The molecule has 3 N–H and O–H groups in total. The van der Waals surface area contributed by atoms with Crippen molar-refractivity contribution >= 4 is 22.3 Å². The molecule has 0 aliphatic heterocycles. The molecule has 0 saturated carbocycles. The molecule has 0 atom stereocenters. The van der Waals surface area contributed by atoms with E-state index in [0.717, 1.165) is 28.0 Å². The highest BCUT2D eigenvalue weighted by molar-refractivity contribution is 5.99. The molecule has 82 valence electrons. The van der Waals surface area contributed by atoms with Gasteiger partial charge >= 0.3 is 0 Å². The van der Waals surface area contributed by atoms with Gasteiger partial charge in [-0.15, -0.1) is 6.58 Å². The van der Waals surface area contributed by atoms with Crippen LogP contribution < -0.4 is 11.1 Å². The molecule has 3 nitrogen and oxygen atoms in total. The molecule has 0 amide bonds. The van der Waals surface area contributed by atoms with Gasteiger partial charge in [0.1, 0.15) is 5.82 Å². The predicted octanol–water partition coefficient (Wildman–Crippen LogP) is 2.72. The van der Waals surface area contributed by atoms with Crippen LogP contribution in [-0.2, 0) is 0 Å². The molecule has 16 heavy (non-hydrogen) atoms. The van der Waals surface area contributed by atoms with Crippen LogP contribution in [0.3, 0.4) is 0 Å². The molecular formula is C13H15N3. The van der Waals surface area contributed by atoms with Crippen molar-refractivity contribution in [2.75, 3.05) is 17.6 Å². The lowest BCUT2D eigenvalue weighted by molar-refractivity contribution is 1.18. The number of rotatable bonds is 3. The molecule has 0 unspecified atom stereocenters. The van der Waals surface area contributed by atoms with Gasteiger partial charge in [0, 0.05) is 28.7 Å². The Kier molecular flexibility index (Phi) is 2.77. The van der Waals surface area contributed by atoms with E-state index in [9.17, 15) is 0 Å². The van der Waals surface area contributed by atoms with Crippen molar-refractivity contribution in [3.05, 3.63) is 42.6 Å². The number of nitrogen functional groups attached to an aromatic ring is 1. The standard InChI is InChI=1S/C13H15N3/c1-3-7-15-13-10-5-4-6-12(14)11(10)8-9(2)16-13/h3-6,8H,1,7,14H2,2H3,(H,15,16). The topological polar surface area (TPSA) is 50.9 Å². The summed E-state index contributed by atoms with van der Waals surface area (Å²) in [6.45, 7) is 6.34. The number of benzene rings is 1. The zero-order valence-electron chi connectivity index (χ0n) is 9.33. The van der Waals surface area contributed by atoms with Crippen molar-refractivity contribution in [2.24, 2.45) is 0 Å². The highest BCUT2D eigenvalue weighted by Gasteiger charge is 2.05. The molecule has 0 aliphatic carbocycles. The maximum atomic E-state index is 5.95. The van der Waals surface area contributed by atoms with Crippen LogP contribution in [0, 0.1) is 6.92 Å². The number of hydrogen-bond donors (Lipinski definition) is 2. The second-order valence-corrected chi connectivity index (χ2v) is 3.72. The van der Waals surface area contributed by atoms with Crippen molar-refractivity contribution in [1.29, 1.82) is 0 Å². The molecular weight excluding hydrogens is 198 g/mol. The fourth-order valence-electron chi connectivity index (χ4n) is 1.73. The molecule has 0 saturated heterocycles. The number of fused-ring (bicyclic) bond motifs is 1. The average molecular weight is 213 g/mol. The zero-order valence-corrected chi connectivity index (χ0v) is 9.33. The molecule has 1 aromatic heterocycles.